The van der Waals surface area contributed by atoms with Crippen LogP contribution in [0.2, 0.25) is 0 Å². The number of anilines is 1. The maximum Gasteiger partial charge on any atom is 0.337 e. The zero-order chi connectivity index (χ0) is 15.4. The predicted molar refractivity (Wildman–Crippen MR) is 74.6 cm³/mol. The van der Waals surface area contributed by atoms with E-state index in [4.69, 9.17) is 5.11 Å². The summed E-state index contributed by atoms with van der Waals surface area (Å²) < 4.78 is 13.0. The van der Waals surface area contributed by atoms with Crippen molar-refractivity contribution in [2.45, 2.75) is 0 Å². The molecule has 1 saturated heterocycles. The van der Waals surface area contributed by atoms with Gasteiger partial charge < -0.3 is 15.3 Å². The van der Waals surface area contributed by atoms with Gasteiger partial charge in [0.05, 0.1) is 11.3 Å². The monoisotopic (exact) mass is 296 g/mol. The number of rotatable bonds is 3. The van der Waals surface area contributed by atoms with Crippen molar-refractivity contribution in [3.8, 4) is 0 Å². The fourth-order valence-corrected chi connectivity index (χ4v) is 2.01. The number of carbonyl (C=O) groups is 2. The zero-order valence-corrected chi connectivity index (χ0v) is 11.6. The Bertz CT molecular complexity index is 544. The molecule has 0 radical (unpaired) electrons. The van der Waals surface area contributed by atoms with E-state index in [1.807, 2.05) is 7.05 Å². The third kappa shape index (κ3) is 4.14. The van der Waals surface area contributed by atoms with E-state index >= 15 is 0 Å². The largest absolute Gasteiger partial charge is 0.478 e. The number of benzene rings is 1. The van der Waals surface area contributed by atoms with Crippen LogP contribution in [0.1, 0.15) is 10.4 Å². The average Bonchev–Trinajstić information content (AvgIpc) is 2.43. The minimum atomic E-state index is -1.30. The highest BCUT2D eigenvalue weighted by Crippen LogP contribution is 2.17. The van der Waals surface area contributed by atoms with Gasteiger partial charge in [-0.15, -0.1) is 0 Å². The summed E-state index contributed by atoms with van der Waals surface area (Å²) in [6, 6.07) is 2.64. The molecule has 0 bridgehead atoms. The molecule has 0 aliphatic carbocycles. The number of urea groups is 1. The van der Waals surface area contributed by atoms with Crippen LogP contribution >= 0.6 is 0 Å². The minimum Gasteiger partial charge on any atom is -0.478 e. The van der Waals surface area contributed by atoms with Crippen LogP contribution in [0.3, 0.4) is 0 Å². The Morgan fingerprint density at radius 2 is 1.90 bits per heavy atom. The van der Waals surface area contributed by atoms with Crippen LogP contribution in [-0.4, -0.2) is 60.2 Å². The molecule has 0 saturated carbocycles. The van der Waals surface area contributed by atoms with Crippen molar-refractivity contribution >= 4 is 17.7 Å². The Balaban J connectivity index is 1.98. The van der Waals surface area contributed by atoms with Crippen molar-refractivity contribution in [3.05, 3.63) is 29.6 Å². The number of carbonyl (C=O) groups excluding carboxylic acids is 1. The second kappa shape index (κ2) is 6.51. The number of amides is 2. The number of aromatic carboxylic acids is 1. The smallest absolute Gasteiger partial charge is 0.337 e. The van der Waals surface area contributed by atoms with Crippen molar-refractivity contribution in [1.82, 2.24) is 15.3 Å². The zero-order valence-electron chi connectivity index (χ0n) is 11.6. The van der Waals surface area contributed by atoms with Crippen molar-refractivity contribution in [2.24, 2.45) is 0 Å². The number of hydrogen-bond donors (Lipinski definition) is 3. The summed E-state index contributed by atoms with van der Waals surface area (Å²) in [4.78, 5) is 25.0. The Labute approximate surface area is 121 Å². The van der Waals surface area contributed by atoms with Gasteiger partial charge in [-0.25, -0.2) is 19.0 Å². The van der Waals surface area contributed by atoms with Gasteiger partial charge in [0.25, 0.3) is 0 Å². The lowest BCUT2D eigenvalue weighted by atomic mass is 10.2. The lowest BCUT2D eigenvalue weighted by Gasteiger charge is -2.32. The van der Waals surface area contributed by atoms with Gasteiger partial charge in [-0.3, -0.25) is 5.43 Å². The molecule has 1 heterocycles. The molecular formula is C13H17FN4O3. The predicted octanol–water partition coefficient (Wildman–Crippen LogP) is 0.808. The van der Waals surface area contributed by atoms with Gasteiger partial charge in [0.2, 0.25) is 0 Å². The molecular weight excluding hydrogens is 279 g/mol. The van der Waals surface area contributed by atoms with Gasteiger partial charge in [-0.1, -0.05) is 0 Å². The minimum absolute atomic E-state index is 0.0514. The first-order valence-corrected chi connectivity index (χ1v) is 6.49. The molecule has 3 N–H and O–H groups in total. The summed E-state index contributed by atoms with van der Waals surface area (Å²) in [6.45, 7) is 3.02. The fraction of sp³-hybridized carbons (Fsp3) is 0.385. The van der Waals surface area contributed by atoms with Gasteiger partial charge in [0, 0.05) is 26.2 Å². The summed E-state index contributed by atoms with van der Waals surface area (Å²) in [5.74, 6) is -1.97. The highest BCUT2D eigenvalue weighted by Gasteiger charge is 2.17. The van der Waals surface area contributed by atoms with Crippen LogP contribution in [0.15, 0.2) is 18.2 Å². The Morgan fingerprint density at radius 3 is 2.52 bits per heavy atom. The number of likely N-dealkylation sites (N-methyl/N-ethyl adjacent to an activating group) is 1. The van der Waals surface area contributed by atoms with Crippen LogP contribution in [0, 0.1) is 5.82 Å². The Hall–Kier alpha value is -2.19. The number of halogens is 1. The number of nitrogens with one attached hydrogen (secondary N) is 2. The molecule has 0 unspecified atom stereocenters. The van der Waals surface area contributed by atoms with E-state index in [9.17, 15) is 14.0 Å². The van der Waals surface area contributed by atoms with E-state index in [0.29, 0.717) is 13.1 Å². The normalized spacial score (nSPS) is 16.5. The summed E-state index contributed by atoms with van der Waals surface area (Å²) >= 11 is 0. The van der Waals surface area contributed by atoms with Crippen LogP contribution in [0.4, 0.5) is 14.9 Å². The highest BCUT2D eigenvalue weighted by molar-refractivity contribution is 5.99. The quantitative estimate of drug-likeness (QED) is 0.768. The van der Waals surface area contributed by atoms with Crippen molar-refractivity contribution < 1.29 is 19.1 Å². The molecule has 1 aromatic rings. The number of hydrazine groups is 1. The van der Waals surface area contributed by atoms with E-state index in [1.54, 1.807) is 5.01 Å². The van der Waals surface area contributed by atoms with Gasteiger partial charge >= 0.3 is 12.0 Å². The van der Waals surface area contributed by atoms with Gasteiger partial charge in [-0.2, -0.15) is 0 Å². The molecule has 2 rings (SSSR count). The topological polar surface area (TPSA) is 84.9 Å². The summed E-state index contributed by atoms with van der Waals surface area (Å²) in [5, 5.41) is 13.2. The van der Waals surface area contributed by atoms with Crippen LogP contribution in [0.5, 0.6) is 0 Å². The average molecular weight is 296 g/mol. The number of hydrogen-bond acceptors (Lipinski definition) is 4. The third-order valence-corrected chi connectivity index (χ3v) is 3.22. The Morgan fingerprint density at radius 1 is 1.24 bits per heavy atom. The van der Waals surface area contributed by atoms with E-state index in [1.165, 1.54) is 6.07 Å². The van der Waals surface area contributed by atoms with Crippen LogP contribution < -0.4 is 10.7 Å². The standard InChI is InChI=1S/C13H17FN4O3/c1-17-4-6-18(7-5-17)16-13(21)15-11-3-2-9(14)8-10(11)12(19)20/h2-3,8H,4-7H2,1H3,(H,19,20)(H2,15,16,21). The van der Waals surface area contributed by atoms with Crippen molar-refractivity contribution in [1.29, 1.82) is 0 Å². The van der Waals surface area contributed by atoms with Gasteiger partial charge in [-0.05, 0) is 25.2 Å². The molecule has 7 nitrogen and oxygen atoms in total. The lowest BCUT2D eigenvalue weighted by Crippen LogP contribution is -2.53. The SMILES string of the molecule is CN1CCN(NC(=O)Nc2ccc(F)cc2C(=O)O)CC1. The molecule has 0 atom stereocenters. The number of carboxylic acid groups (broad SMARTS) is 1. The summed E-state index contributed by atoms with van der Waals surface area (Å²) in [7, 11) is 2.00. The first-order valence-electron chi connectivity index (χ1n) is 6.49. The molecule has 114 valence electrons. The van der Waals surface area contributed by atoms with Gasteiger partial charge in [0.15, 0.2) is 0 Å². The molecule has 21 heavy (non-hydrogen) atoms. The maximum absolute atomic E-state index is 13.0. The molecule has 2 amide bonds. The highest BCUT2D eigenvalue weighted by atomic mass is 19.1. The second-order valence-corrected chi connectivity index (χ2v) is 4.85. The van der Waals surface area contributed by atoms with E-state index in [2.05, 4.69) is 15.6 Å². The second-order valence-electron chi connectivity index (χ2n) is 4.85. The number of nitrogens with zero attached hydrogens (tertiary/aromatic N) is 2. The lowest BCUT2D eigenvalue weighted by molar-refractivity contribution is 0.0697. The molecule has 1 aliphatic rings. The van der Waals surface area contributed by atoms with E-state index < -0.39 is 17.8 Å². The van der Waals surface area contributed by atoms with Crippen molar-refractivity contribution in [3.63, 3.8) is 0 Å². The molecule has 1 fully saturated rings. The molecule has 8 heteroatoms. The molecule has 0 aromatic heterocycles. The van der Waals surface area contributed by atoms with E-state index in [0.717, 1.165) is 25.2 Å². The first kappa shape index (κ1) is 15.2. The molecule has 0 spiro atoms. The number of carboxylic acids is 1. The number of piperazine rings is 1. The van der Waals surface area contributed by atoms with Crippen LogP contribution in [-0.2, 0) is 0 Å². The van der Waals surface area contributed by atoms with E-state index in [-0.39, 0.29) is 11.3 Å². The fourth-order valence-electron chi connectivity index (χ4n) is 2.01. The summed E-state index contributed by atoms with van der Waals surface area (Å²) in [5.41, 5.74) is 2.40. The summed E-state index contributed by atoms with van der Waals surface area (Å²) in [6.07, 6.45) is 0. The maximum atomic E-state index is 13.0. The first-order chi connectivity index (χ1) is 9.95. The third-order valence-electron chi connectivity index (χ3n) is 3.22. The molecule has 1 aromatic carbocycles. The molecule has 1 aliphatic heterocycles. The van der Waals surface area contributed by atoms with Crippen LogP contribution in [0.25, 0.3) is 0 Å². The Kier molecular flexibility index (Phi) is 4.71. The van der Waals surface area contributed by atoms with Gasteiger partial charge in [0.1, 0.15) is 5.82 Å². The van der Waals surface area contributed by atoms with Crippen molar-refractivity contribution in [2.75, 3.05) is 38.5 Å².